The lowest BCUT2D eigenvalue weighted by atomic mass is 10.0. The molecule has 2 N–H and O–H groups in total. The Morgan fingerprint density at radius 3 is 2.81 bits per heavy atom. The number of hydrogen-bond donors (Lipinski definition) is 2. The molecule has 31 heavy (non-hydrogen) atoms. The van der Waals surface area contributed by atoms with E-state index in [1.807, 2.05) is 19.9 Å². The molecule has 3 heterocycles. The van der Waals surface area contributed by atoms with E-state index in [0.717, 1.165) is 22.8 Å². The second-order valence-corrected chi connectivity index (χ2v) is 7.79. The zero-order valence-electron chi connectivity index (χ0n) is 17.5. The Kier molecular flexibility index (Phi) is 7.22. The molecule has 2 amide bonds. The molecule has 1 fully saturated rings. The lowest BCUT2D eigenvalue weighted by Crippen LogP contribution is -2.55. The molecule has 2 aliphatic heterocycles. The monoisotopic (exact) mass is 430 g/mol. The molecule has 0 saturated carbocycles. The Morgan fingerprint density at radius 2 is 2.13 bits per heavy atom. The summed E-state index contributed by atoms with van der Waals surface area (Å²) in [6.45, 7) is 4.28. The maximum atomic E-state index is 12.9. The van der Waals surface area contributed by atoms with E-state index >= 15 is 0 Å². The van der Waals surface area contributed by atoms with Gasteiger partial charge in [0.15, 0.2) is 12.1 Å². The van der Waals surface area contributed by atoms with Crippen molar-refractivity contribution in [3.05, 3.63) is 48.0 Å². The van der Waals surface area contributed by atoms with E-state index in [0.29, 0.717) is 13.0 Å². The average Bonchev–Trinajstić information content (AvgIpc) is 3.22. The number of aliphatic carboxylic acids is 1. The van der Waals surface area contributed by atoms with Crippen molar-refractivity contribution in [1.29, 1.82) is 0 Å². The highest BCUT2D eigenvalue weighted by Gasteiger charge is 2.33. The molecule has 10 nitrogen and oxygen atoms in total. The number of hydrogen-bond acceptors (Lipinski definition) is 7. The third kappa shape index (κ3) is 5.80. The van der Waals surface area contributed by atoms with E-state index in [1.54, 1.807) is 6.26 Å². The summed E-state index contributed by atoms with van der Waals surface area (Å²) < 4.78 is 11.1. The molecule has 1 aromatic rings. The molecular formula is C21H26N4O6. The topological polar surface area (TPSA) is 131 Å². The number of carboxylic acids is 1. The first kappa shape index (κ1) is 22.3. The molecule has 166 valence electrons. The fraction of sp³-hybridized carbons (Fsp3) is 0.476. The first-order chi connectivity index (χ1) is 14.8. The number of aromatic nitrogens is 2. The predicted molar refractivity (Wildman–Crippen MR) is 108 cm³/mol. The van der Waals surface area contributed by atoms with Gasteiger partial charge in [0.05, 0.1) is 19.1 Å². The van der Waals surface area contributed by atoms with Crippen LogP contribution < -0.4 is 5.43 Å². The number of fused-ring (bicyclic) bond motifs is 1. The highest BCUT2D eigenvalue weighted by molar-refractivity contribution is 5.96. The van der Waals surface area contributed by atoms with Crippen molar-refractivity contribution in [2.45, 2.75) is 51.7 Å². The summed E-state index contributed by atoms with van der Waals surface area (Å²) >= 11 is 0. The summed E-state index contributed by atoms with van der Waals surface area (Å²) in [5.41, 5.74) is 3.19. The van der Waals surface area contributed by atoms with Gasteiger partial charge in [-0.25, -0.2) is 14.8 Å². The number of hydrazine groups is 1. The van der Waals surface area contributed by atoms with Crippen molar-refractivity contribution in [2.24, 2.45) is 5.92 Å². The van der Waals surface area contributed by atoms with Crippen molar-refractivity contribution in [2.75, 3.05) is 6.61 Å². The zero-order valence-corrected chi connectivity index (χ0v) is 17.5. The number of rotatable bonds is 8. The summed E-state index contributed by atoms with van der Waals surface area (Å²) in [7, 11) is 0. The van der Waals surface area contributed by atoms with Gasteiger partial charge in [-0.15, -0.1) is 0 Å². The van der Waals surface area contributed by atoms with Crippen LogP contribution in [0.3, 0.4) is 0 Å². The van der Waals surface area contributed by atoms with Crippen LogP contribution in [0.2, 0.25) is 0 Å². The molecule has 1 aromatic heterocycles. The molecule has 0 bridgehead atoms. The Morgan fingerprint density at radius 1 is 1.32 bits per heavy atom. The summed E-state index contributed by atoms with van der Waals surface area (Å²) in [6, 6.07) is -1.24. The Labute approximate surface area is 179 Å². The van der Waals surface area contributed by atoms with E-state index in [1.165, 1.54) is 18.6 Å². The molecule has 0 spiro atoms. The minimum absolute atomic E-state index is 0.0225. The quantitative estimate of drug-likeness (QED) is 0.597. The lowest BCUT2D eigenvalue weighted by molar-refractivity contribution is -0.145. The Bertz CT molecular complexity index is 883. The number of ether oxygens (including phenoxy) is 2. The number of carbonyl (C=O) groups excluding carboxylic acids is 2. The summed E-state index contributed by atoms with van der Waals surface area (Å²) in [5.74, 6) is -1.73. The first-order valence-electron chi connectivity index (χ1n) is 10.2. The third-order valence-electron chi connectivity index (χ3n) is 4.86. The van der Waals surface area contributed by atoms with Crippen molar-refractivity contribution in [3.63, 3.8) is 0 Å². The number of nitrogens with zero attached hydrogens (tertiary/aromatic N) is 3. The van der Waals surface area contributed by atoms with Gasteiger partial charge in [-0.2, -0.15) is 0 Å². The normalized spacial score (nSPS) is 18.1. The molecule has 0 radical (unpaired) electrons. The van der Waals surface area contributed by atoms with Gasteiger partial charge in [0.1, 0.15) is 11.5 Å². The Hall–Kier alpha value is -3.43. The van der Waals surface area contributed by atoms with Crippen LogP contribution in [-0.2, 0) is 19.1 Å². The van der Waals surface area contributed by atoms with Crippen LogP contribution in [0.5, 0.6) is 0 Å². The van der Waals surface area contributed by atoms with Gasteiger partial charge in [-0.1, -0.05) is 13.8 Å². The average molecular weight is 430 g/mol. The van der Waals surface area contributed by atoms with E-state index in [4.69, 9.17) is 9.47 Å². The van der Waals surface area contributed by atoms with Gasteiger partial charge in [0.25, 0.3) is 5.91 Å². The van der Waals surface area contributed by atoms with Crippen LogP contribution in [0.4, 0.5) is 0 Å². The van der Waals surface area contributed by atoms with Crippen LogP contribution in [0.15, 0.2) is 42.3 Å². The molecular weight excluding hydrogens is 404 g/mol. The van der Waals surface area contributed by atoms with E-state index in [2.05, 4.69) is 15.4 Å². The minimum atomic E-state index is -1.24. The largest absolute Gasteiger partial charge is 0.494 e. The van der Waals surface area contributed by atoms with E-state index in [9.17, 15) is 19.5 Å². The predicted octanol–water partition coefficient (Wildman–Crippen LogP) is 1.82. The number of allylic oxidation sites excluding steroid dienone is 2. The second kappa shape index (κ2) is 10.1. The van der Waals surface area contributed by atoms with Gasteiger partial charge in [0, 0.05) is 25.2 Å². The zero-order chi connectivity index (χ0) is 22.4. The van der Waals surface area contributed by atoms with Crippen LogP contribution in [-0.4, -0.2) is 56.6 Å². The fourth-order valence-electron chi connectivity index (χ4n) is 3.32. The molecule has 0 aromatic carbocycles. The van der Waals surface area contributed by atoms with Crippen LogP contribution in [0.1, 0.15) is 50.0 Å². The molecule has 0 aliphatic carbocycles. The SMILES string of the molecule is CC(C)C[C@@H](C(=O)O)N(NC(=O)CCC1=COC2CCOC2=C1)C(=O)c1cnccn1. The van der Waals surface area contributed by atoms with Gasteiger partial charge in [0.2, 0.25) is 5.91 Å². The van der Waals surface area contributed by atoms with Gasteiger partial charge < -0.3 is 14.6 Å². The molecule has 10 heteroatoms. The van der Waals surface area contributed by atoms with Crippen molar-refractivity contribution < 1.29 is 29.0 Å². The third-order valence-corrected chi connectivity index (χ3v) is 4.86. The van der Waals surface area contributed by atoms with Crippen molar-refractivity contribution in [1.82, 2.24) is 20.4 Å². The fourth-order valence-corrected chi connectivity index (χ4v) is 3.32. The molecule has 1 unspecified atom stereocenters. The molecule has 3 rings (SSSR count). The van der Waals surface area contributed by atoms with Crippen molar-refractivity contribution >= 4 is 17.8 Å². The van der Waals surface area contributed by atoms with E-state index < -0.39 is 23.8 Å². The lowest BCUT2D eigenvalue weighted by Gasteiger charge is -2.30. The molecule has 2 atom stereocenters. The summed E-state index contributed by atoms with van der Waals surface area (Å²) in [6.07, 6.45) is 8.68. The summed E-state index contributed by atoms with van der Waals surface area (Å²) in [5, 5.41) is 10.5. The maximum absolute atomic E-state index is 12.9. The highest BCUT2D eigenvalue weighted by atomic mass is 16.5. The minimum Gasteiger partial charge on any atom is -0.494 e. The van der Waals surface area contributed by atoms with Gasteiger partial charge in [-0.3, -0.25) is 20.0 Å². The van der Waals surface area contributed by atoms with E-state index in [-0.39, 0.29) is 30.6 Å². The number of amides is 2. The van der Waals surface area contributed by atoms with Gasteiger partial charge >= 0.3 is 5.97 Å². The smallest absolute Gasteiger partial charge is 0.328 e. The summed E-state index contributed by atoms with van der Waals surface area (Å²) in [4.78, 5) is 45.2. The first-order valence-corrected chi connectivity index (χ1v) is 10.2. The second-order valence-electron chi connectivity index (χ2n) is 7.79. The van der Waals surface area contributed by atoms with Crippen LogP contribution >= 0.6 is 0 Å². The maximum Gasteiger partial charge on any atom is 0.328 e. The van der Waals surface area contributed by atoms with Crippen molar-refractivity contribution in [3.8, 4) is 0 Å². The van der Waals surface area contributed by atoms with Crippen LogP contribution in [0, 0.1) is 5.92 Å². The number of carbonyl (C=O) groups is 3. The Balaban J connectivity index is 1.69. The number of nitrogens with one attached hydrogen (secondary N) is 1. The highest BCUT2D eigenvalue weighted by Crippen LogP contribution is 2.28. The van der Waals surface area contributed by atoms with Gasteiger partial charge in [-0.05, 0) is 30.4 Å². The standard InChI is InChI=1S/C21H26N4O6/c1-13(2)9-16(21(28)29)25(20(27)15-11-22-6-7-23-15)24-19(26)4-3-14-10-18-17(31-12-14)5-8-30-18/h6-7,10-13,16-17H,3-5,8-9H2,1-2H3,(H,24,26)(H,28,29)/t16-,17?/m0/s1. The molecule has 2 aliphatic rings. The van der Waals surface area contributed by atoms with Crippen LogP contribution in [0.25, 0.3) is 0 Å². The molecule has 1 saturated heterocycles. The number of carboxylic acid groups (broad SMARTS) is 1.